The van der Waals surface area contributed by atoms with Crippen LogP contribution in [-0.2, 0) is 19.4 Å². The topological polar surface area (TPSA) is 52.8 Å². The lowest BCUT2D eigenvalue weighted by atomic mass is 10.2. The SMILES string of the molecule is Cn1c(SCc2csc(COc3ccc(F)cc3)n2)nnc1-c1ccccc1. The molecule has 2 aromatic carbocycles. The minimum atomic E-state index is -0.278. The number of ether oxygens (including phenoxy) is 1. The van der Waals surface area contributed by atoms with Gasteiger partial charge in [0.15, 0.2) is 11.0 Å². The fourth-order valence-corrected chi connectivity index (χ4v) is 4.19. The van der Waals surface area contributed by atoms with Gasteiger partial charge in [-0.15, -0.1) is 21.5 Å². The summed E-state index contributed by atoms with van der Waals surface area (Å²) >= 11 is 3.14. The second kappa shape index (κ2) is 8.53. The number of benzene rings is 2. The number of thioether (sulfide) groups is 1. The van der Waals surface area contributed by atoms with E-state index in [0.29, 0.717) is 18.1 Å². The minimum Gasteiger partial charge on any atom is -0.486 e. The fourth-order valence-electron chi connectivity index (χ4n) is 2.58. The van der Waals surface area contributed by atoms with Gasteiger partial charge in [-0.1, -0.05) is 42.1 Å². The molecular weight excluding hydrogens is 395 g/mol. The molecular formula is C20H17FN4OS2. The van der Waals surface area contributed by atoms with Crippen LogP contribution in [0.3, 0.4) is 0 Å². The first-order valence-electron chi connectivity index (χ1n) is 8.58. The third-order valence-corrected chi connectivity index (χ3v) is 5.92. The average molecular weight is 413 g/mol. The third kappa shape index (κ3) is 4.40. The Morgan fingerprint density at radius 3 is 2.64 bits per heavy atom. The van der Waals surface area contributed by atoms with Crippen LogP contribution in [0.1, 0.15) is 10.7 Å². The lowest BCUT2D eigenvalue weighted by Crippen LogP contribution is -1.96. The normalized spacial score (nSPS) is 10.9. The predicted molar refractivity (Wildman–Crippen MR) is 109 cm³/mol. The van der Waals surface area contributed by atoms with E-state index in [2.05, 4.69) is 15.2 Å². The van der Waals surface area contributed by atoms with Gasteiger partial charge in [0, 0.05) is 23.7 Å². The highest BCUT2D eigenvalue weighted by Gasteiger charge is 2.12. The van der Waals surface area contributed by atoms with Crippen LogP contribution in [0, 0.1) is 5.82 Å². The van der Waals surface area contributed by atoms with Crippen LogP contribution in [0.25, 0.3) is 11.4 Å². The zero-order chi connectivity index (χ0) is 19.3. The second-order valence-corrected chi connectivity index (χ2v) is 7.88. The van der Waals surface area contributed by atoms with E-state index in [-0.39, 0.29) is 5.82 Å². The number of nitrogens with zero attached hydrogens (tertiary/aromatic N) is 4. The van der Waals surface area contributed by atoms with Crippen LogP contribution in [-0.4, -0.2) is 19.7 Å². The van der Waals surface area contributed by atoms with Gasteiger partial charge in [-0.2, -0.15) is 0 Å². The quantitative estimate of drug-likeness (QED) is 0.402. The molecule has 0 atom stereocenters. The van der Waals surface area contributed by atoms with Gasteiger partial charge >= 0.3 is 0 Å². The van der Waals surface area contributed by atoms with E-state index in [9.17, 15) is 4.39 Å². The maximum Gasteiger partial charge on any atom is 0.191 e. The number of rotatable bonds is 7. The number of aromatic nitrogens is 4. The molecule has 0 aliphatic heterocycles. The van der Waals surface area contributed by atoms with E-state index in [1.807, 2.05) is 47.3 Å². The summed E-state index contributed by atoms with van der Waals surface area (Å²) in [4.78, 5) is 4.59. The van der Waals surface area contributed by atoms with Crippen molar-refractivity contribution in [2.24, 2.45) is 7.05 Å². The minimum absolute atomic E-state index is 0.278. The van der Waals surface area contributed by atoms with Crippen LogP contribution in [0.15, 0.2) is 65.1 Å². The smallest absolute Gasteiger partial charge is 0.191 e. The number of hydrogen-bond acceptors (Lipinski definition) is 6. The molecule has 0 aliphatic rings. The molecule has 0 saturated carbocycles. The molecule has 4 aromatic rings. The van der Waals surface area contributed by atoms with E-state index >= 15 is 0 Å². The molecule has 0 saturated heterocycles. The van der Waals surface area contributed by atoms with Gasteiger partial charge in [-0.25, -0.2) is 9.37 Å². The fraction of sp³-hybridized carbons (Fsp3) is 0.150. The Morgan fingerprint density at radius 2 is 1.86 bits per heavy atom. The highest BCUT2D eigenvalue weighted by atomic mass is 32.2. The van der Waals surface area contributed by atoms with Crippen molar-refractivity contribution in [3.8, 4) is 17.1 Å². The molecule has 2 heterocycles. The monoisotopic (exact) mass is 412 g/mol. The predicted octanol–water partition coefficient (Wildman–Crippen LogP) is 4.95. The molecule has 2 aromatic heterocycles. The van der Waals surface area contributed by atoms with Crippen molar-refractivity contribution < 1.29 is 9.13 Å². The molecule has 5 nitrogen and oxygen atoms in total. The average Bonchev–Trinajstić information content (AvgIpc) is 3.33. The first-order chi connectivity index (χ1) is 13.7. The highest BCUT2D eigenvalue weighted by molar-refractivity contribution is 7.98. The van der Waals surface area contributed by atoms with Crippen LogP contribution in [0.4, 0.5) is 4.39 Å². The summed E-state index contributed by atoms with van der Waals surface area (Å²) in [5.41, 5.74) is 2.01. The molecule has 142 valence electrons. The summed E-state index contributed by atoms with van der Waals surface area (Å²) in [6.45, 7) is 0.364. The zero-order valence-corrected chi connectivity index (χ0v) is 16.7. The number of thiazole rings is 1. The van der Waals surface area contributed by atoms with Gasteiger partial charge in [0.2, 0.25) is 0 Å². The lowest BCUT2D eigenvalue weighted by molar-refractivity contribution is 0.305. The summed E-state index contributed by atoms with van der Waals surface area (Å²) < 4.78 is 20.6. The van der Waals surface area contributed by atoms with Gasteiger partial charge in [0.05, 0.1) is 5.69 Å². The Morgan fingerprint density at radius 1 is 1.07 bits per heavy atom. The second-order valence-electron chi connectivity index (χ2n) is 6.00. The number of halogens is 1. The van der Waals surface area contributed by atoms with Gasteiger partial charge in [-0.3, -0.25) is 0 Å². The summed E-state index contributed by atoms with van der Waals surface area (Å²) in [5, 5.41) is 12.3. The van der Waals surface area contributed by atoms with Crippen LogP contribution in [0.5, 0.6) is 5.75 Å². The zero-order valence-electron chi connectivity index (χ0n) is 15.1. The van der Waals surface area contributed by atoms with Crippen molar-refractivity contribution in [1.82, 2.24) is 19.7 Å². The van der Waals surface area contributed by atoms with E-state index in [4.69, 9.17) is 4.74 Å². The maximum atomic E-state index is 12.9. The van der Waals surface area contributed by atoms with Crippen LogP contribution >= 0.6 is 23.1 Å². The molecule has 4 rings (SSSR count). The molecule has 0 unspecified atom stereocenters. The van der Waals surface area contributed by atoms with Crippen molar-refractivity contribution >= 4 is 23.1 Å². The Balaban J connectivity index is 1.35. The Bertz CT molecular complexity index is 1050. The van der Waals surface area contributed by atoms with Gasteiger partial charge in [0.1, 0.15) is 23.2 Å². The molecule has 0 radical (unpaired) electrons. The molecule has 0 aliphatic carbocycles. The van der Waals surface area contributed by atoms with Crippen molar-refractivity contribution in [1.29, 1.82) is 0 Å². The Kier molecular flexibility index (Phi) is 5.68. The first-order valence-corrected chi connectivity index (χ1v) is 10.4. The van der Waals surface area contributed by atoms with E-state index in [1.54, 1.807) is 35.2 Å². The molecule has 0 N–H and O–H groups in total. The Hall–Kier alpha value is -2.71. The van der Waals surface area contributed by atoms with E-state index in [1.165, 1.54) is 12.1 Å². The van der Waals surface area contributed by atoms with Crippen molar-refractivity contribution in [3.05, 3.63) is 76.5 Å². The van der Waals surface area contributed by atoms with E-state index < -0.39 is 0 Å². The lowest BCUT2D eigenvalue weighted by Gasteiger charge is -2.03. The molecule has 0 amide bonds. The van der Waals surface area contributed by atoms with E-state index in [0.717, 1.165) is 27.2 Å². The molecule has 0 spiro atoms. The molecule has 0 fully saturated rings. The van der Waals surface area contributed by atoms with Crippen molar-refractivity contribution in [3.63, 3.8) is 0 Å². The maximum absolute atomic E-state index is 12.9. The highest BCUT2D eigenvalue weighted by Crippen LogP contribution is 2.26. The molecule has 0 bridgehead atoms. The van der Waals surface area contributed by atoms with Gasteiger partial charge < -0.3 is 9.30 Å². The molecule has 8 heteroatoms. The van der Waals surface area contributed by atoms with Crippen molar-refractivity contribution in [2.45, 2.75) is 17.5 Å². The van der Waals surface area contributed by atoms with Crippen LogP contribution < -0.4 is 4.74 Å². The molecule has 28 heavy (non-hydrogen) atoms. The summed E-state index contributed by atoms with van der Waals surface area (Å²) in [5.74, 6) is 1.89. The van der Waals surface area contributed by atoms with Crippen LogP contribution in [0.2, 0.25) is 0 Å². The summed E-state index contributed by atoms with van der Waals surface area (Å²) in [6, 6.07) is 16.0. The van der Waals surface area contributed by atoms with Gasteiger partial charge in [-0.05, 0) is 24.3 Å². The summed E-state index contributed by atoms with van der Waals surface area (Å²) in [7, 11) is 1.97. The largest absolute Gasteiger partial charge is 0.486 e. The number of hydrogen-bond donors (Lipinski definition) is 0. The Labute approximate surface area is 170 Å². The first kappa shape index (κ1) is 18.6. The van der Waals surface area contributed by atoms with Gasteiger partial charge in [0.25, 0.3) is 0 Å². The summed E-state index contributed by atoms with van der Waals surface area (Å²) in [6.07, 6.45) is 0. The van der Waals surface area contributed by atoms with Crippen molar-refractivity contribution in [2.75, 3.05) is 0 Å². The standard InChI is InChI=1S/C20H17FN4OS2/c1-25-19(14-5-3-2-4-6-14)23-24-20(25)28-13-16-12-27-18(22-16)11-26-17-9-7-15(21)8-10-17/h2-10,12H,11,13H2,1H3. The third-order valence-electron chi connectivity index (χ3n) is 3.99.